The number of aliphatic hydroxyl groups excluding tert-OH is 1. The third-order valence-electron chi connectivity index (χ3n) is 2.37. The lowest BCUT2D eigenvalue weighted by atomic mass is 10.2. The van der Waals surface area contributed by atoms with Crippen molar-refractivity contribution in [2.24, 2.45) is 0 Å². The molecule has 5 heteroatoms. The monoisotopic (exact) mass is 243 g/mol. The summed E-state index contributed by atoms with van der Waals surface area (Å²) in [5.41, 5.74) is 0. The van der Waals surface area contributed by atoms with Gasteiger partial charge in [-0.3, -0.25) is 0 Å². The van der Waals surface area contributed by atoms with E-state index in [0.29, 0.717) is 26.4 Å². The Labute approximate surface area is 102 Å². The fourth-order valence-corrected chi connectivity index (χ4v) is 1.37. The summed E-state index contributed by atoms with van der Waals surface area (Å²) in [6.07, 6.45) is 1.11. The Hall–Kier alpha value is -0.880. The maximum atomic E-state index is 9.64. The van der Waals surface area contributed by atoms with Gasteiger partial charge in [0.25, 0.3) is 0 Å². The topological polar surface area (TPSA) is 63.9 Å². The van der Waals surface area contributed by atoms with Gasteiger partial charge in [0.15, 0.2) is 0 Å². The Kier molecular flexibility index (Phi) is 6.88. The van der Waals surface area contributed by atoms with Crippen LogP contribution >= 0.6 is 0 Å². The minimum atomic E-state index is -0.524. The fraction of sp³-hybridized carbons (Fsp3) is 0.667. The minimum absolute atomic E-state index is 0.0821. The van der Waals surface area contributed by atoms with E-state index in [0.717, 1.165) is 5.76 Å². The standard InChI is InChI=1S/C12H21NO4/c1-10(12-4-3-5-17-12)13-8-11(14)9-16-7-6-15-2/h3-5,10-11,13-14H,6-9H2,1-2H3. The summed E-state index contributed by atoms with van der Waals surface area (Å²) in [5, 5.41) is 12.8. The van der Waals surface area contributed by atoms with Gasteiger partial charge in [0, 0.05) is 13.7 Å². The van der Waals surface area contributed by atoms with Crippen molar-refractivity contribution >= 4 is 0 Å². The normalized spacial score (nSPS) is 14.8. The van der Waals surface area contributed by atoms with Gasteiger partial charge < -0.3 is 24.3 Å². The molecule has 0 saturated heterocycles. The molecule has 0 spiro atoms. The van der Waals surface area contributed by atoms with Crippen LogP contribution in [0.15, 0.2) is 22.8 Å². The molecular formula is C12H21NO4. The molecule has 5 nitrogen and oxygen atoms in total. The van der Waals surface area contributed by atoms with Gasteiger partial charge in [0.2, 0.25) is 0 Å². The molecule has 1 rings (SSSR count). The maximum Gasteiger partial charge on any atom is 0.120 e. The van der Waals surface area contributed by atoms with Crippen molar-refractivity contribution in [2.75, 3.05) is 33.5 Å². The number of hydrogen-bond acceptors (Lipinski definition) is 5. The van der Waals surface area contributed by atoms with Crippen molar-refractivity contribution in [2.45, 2.75) is 19.1 Å². The first kappa shape index (κ1) is 14.2. The van der Waals surface area contributed by atoms with Crippen LogP contribution in [0.25, 0.3) is 0 Å². The molecule has 1 aromatic heterocycles. The quantitative estimate of drug-likeness (QED) is 0.632. The van der Waals surface area contributed by atoms with E-state index in [9.17, 15) is 5.11 Å². The number of nitrogens with one attached hydrogen (secondary N) is 1. The highest BCUT2D eigenvalue weighted by Gasteiger charge is 2.10. The van der Waals surface area contributed by atoms with E-state index in [1.165, 1.54) is 0 Å². The minimum Gasteiger partial charge on any atom is -0.468 e. The fourth-order valence-electron chi connectivity index (χ4n) is 1.37. The van der Waals surface area contributed by atoms with Gasteiger partial charge in [-0.15, -0.1) is 0 Å². The Morgan fingerprint density at radius 3 is 2.94 bits per heavy atom. The van der Waals surface area contributed by atoms with Crippen molar-refractivity contribution in [1.29, 1.82) is 0 Å². The molecule has 0 aromatic carbocycles. The first-order chi connectivity index (χ1) is 8.24. The third-order valence-corrected chi connectivity index (χ3v) is 2.37. The van der Waals surface area contributed by atoms with Crippen LogP contribution in [-0.4, -0.2) is 44.7 Å². The molecule has 0 aliphatic rings. The van der Waals surface area contributed by atoms with Gasteiger partial charge in [0.05, 0.1) is 38.2 Å². The number of rotatable bonds is 9. The van der Waals surface area contributed by atoms with Gasteiger partial charge in [-0.2, -0.15) is 0 Å². The number of ether oxygens (including phenoxy) is 2. The molecule has 0 aliphatic heterocycles. The van der Waals surface area contributed by atoms with Crippen LogP contribution in [0, 0.1) is 0 Å². The van der Waals surface area contributed by atoms with Crippen molar-refractivity contribution in [3.63, 3.8) is 0 Å². The Balaban J connectivity index is 2.09. The van der Waals surface area contributed by atoms with E-state index >= 15 is 0 Å². The van der Waals surface area contributed by atoms with Crippen molar-refractivity contribution in [3.8, 4) is 0 Å². The third kappa shape index (κ3) is 5.83. The zero-order valence-corrected chi connectivity index (χ0v) is 10.4. The lowest BCUT2D eigenvalue weighted by Crippen LogP contribution is -2.32. The van der Waals surface area contributed by atoms with Crippen LogP contribution in [0.5, 0.6) is 0 Å². The zero-order chi connectivity index (χ0) is 12.5. The first-order valence-electron chi connectivity index (χ1n) is 5.75. The Bertz CT molecular complexity index is 276. The summed E-state index contributed by atoms with van der Waals surface area (Å²) >= 11 is 0. The summed E-state index contributed by atoms with van der Waals surface area (Å²) in [5.74, 6) is 0.859. The molecule has 0 fully saturated rings. The molecule has 0 saturated carbocycles. The van der Waals surface area contributed by atoms with Crippen LogP contribution in [0.1, 0.15) is 18.7 Å². The summed E-state index contributed by atoms with van der Waals surface area (Å²) in [6, 6.07) is 3.83. The average molecular weight is 243 g/mol. The largest absolute Gasteiger partial charge is 0.468 e. The number of methoxy groups -OCH3 is 1. The van der Waals surface area contributed by atoms with Gasteiger partial charge in [0.1, 0.15) is 5.76 Å². The van der Waals surface area contributed by atoms with Crippen molar-refractivity contribution < 1.29 is 19.0 Å². The molecular weight excluding hydrogens is 222 g/mol. The van der Waals surface area contributed by atoms with E-state index in [1.807, 2.05) is 19.1 Å². The molecule has 17 heavy (non-hydrogen) atoms. The molecule has 0 aliphatic carbocycles. The number of aliphatic hydroxyl groups is 1. The highest BCUT2D eigenvalue weighted by atomic mass is 16.5. The van der Waals surface area contributed by atoms with Crippen LogP contribution in [0.2, 0.25) is 0 Å². The predicted octanol–water partition coefficient (Wildman–Crippen LogP) is 0.954. The van der Waals surface area contributed by atoms with Gasteiger partial charge in [-0.1, -0.05) is 0 Å². The zero-order valence-electron chi connectivity index (χ0n) is 10.4. The van der Waals surface area contributed by atoms with Crippen LogP contribution in [0.4, 0.5) is 0 Å². The Morgan fingerprint density at radius 1 is 1.47 bits per heavy atom. The molecule has 0 bridgehead atoms. The molecule has 2 N–H and O–H groups in total. The van der Waals surface area contributed by atoms with Gasteiger partial charge in [-0.25, -0.2) is 0 Å². The lowest BCUT2D eigenvalue weighted by Gasteiger charge is -2.15. The summed E-state index contributed by atoms with van der Waals surface area (Å²) in [4.78, 5) is 0. The molecule has 0 amide bonds. The number of hydrogen-bond donors (Lipinski definition) is 2. The average Bonchev–Trinajstić information content (AvgIpc) is 2.85. The van der Waals surface area contributed by atoms with E-state index in [-0.39, 0.29) is 6.04 Å². The van der Waals surface area contributed by atoms with E-state index in [4.69, 9.17) is 13.9 Å². The molecule has 2 atom stereocenters. The van der Waals surface area contributed by atoms with E-state index in [1.54, 1.807) is 13.4 Å². The van der Waals surface area contributed by atoms with Crippen LogP contribution in [-0.2, 0) is 9.47 Å². The van der Waals surface area contributed by atoms with Crippen molar-refractivity contribution in [1.82, 2.24) is 5.32 Å². The maximum absolute atomic E-state index is 9.64. The summed E-state index contributed by atoms with van der Waals surface area (Å²) in [7, 11) is 1.62. The van der Waals surface area contributed by atoms with E-state index < -0.39 is 6.10 Å². The first-order valence-corrected chi connectivity index (χ1v) is 5.75. The van der Waals surface area contributed by atoms with E-state index in [2.05, 4.69) is 5.32 Å². The summed E-state index contributed by atoms with van der Waals surface area (Å²) in [6.45, 7) is 3.80. The summed E-state index contributed by atoms with van der Waals surface area (Å²) < 4.78 is 15.3. The molecule has 98 valence electrons. The second-order valence-electron chi connectivity index (χ2n) is 3.87. The van der Waals surface area contributed by atoms with Gasteiger partial charge >= 0.3 is 0 Å². The second kappa shape index (κ2) is 8.25. The molecule has 1 heterocycles. The molecule has 2 unspecified atom stereocenters. The molecule has 0 radical (unpaired) electrons. The van der Waals surface area contributed by atoms with Crippen LogP contribution < -0.4 is 5.32 Å². The second-order valence-corrected chi connectivity index (χ2v) is 3.87. The Morgan fingerprint density at radius 2 is 2.29 bits per heavy atom. The highest BCUT2D eigenvalue weighted by molar-refractivity contribution is 5.02. The van der Waals surface area contributed by atoms with Crippen molar-refractivity contribution in [3.05, 3.63) is 24.2 Å². The highest BCUT2D eigenvalue weighted by Crippen LogP contribution is 2.11. The predicted molar refractivity (Wildman–Crippen MR) is 63.8 cm³/mol. The number of furan rings is 1. The SMILES string of the molecule is COCCOCC(O)CNC(C)c1ccco1. The van der Waals surface area contributed by atoms with Gasteiger partial charge in [-0.05, 0) is 19.1 Å². The molecule has 1 aromatic rings. The van der Waals surface area contributed by atoms with Crippen LogP contribution in [0.3, 0.4) is 0 Å². The lowest BCUT2D eigenvalue weighted by molar-refractivity contribution is 0.0128. The smallest absolute Gasteiger partial charge is 0.120 e.